The van der Waals surface area contributed by atoms with E-state index in [0.29, 0.717) is 5.69 Å². The minimum absolute atomic E-state index is 0.0578. The zero-order chi connectivity index (χ0) is 15.6. The van der Waals surface area contributed by atoms with Crippen molar-refractivity contribution in [1.82, 2.24) is 0 Å². The summed E-state index contributed by atoms with van der Waals surface area (Å²) in [6, 6.07) is 10.7. The number of hydrogen-bond donors (Lipinski definition) is 2. The molecule has 2 rings (SSSR count). The minimum Gasteiger partial charge on any atom is -0.479 e. The third-order valence-electron chi connectivity index (χ3n) is 3.12. The van der Waals surface area contributed by atoms with Gasteiger partial charge in [0.1, 0.15) is 5.82 Å². The maximum absolute atomic E-state index is 13.2. The van der Waals surface area contributed by atoms with Gasteiger partial charge < -0.3 is 10.4 Å². The second-order valence-electron chi connectivity index (χ2n) is 4.69. The van der Waals surface area contributed by atoms with Gasteiger partial charge in [-0.15, -0.1) is 0 Å². The van der Waals surface area contributed by atoms with E-state index in [1.165, 1.54) is 19.1 Å². The van der Waals surface area contributed by atoms with Crippen molar-refractivity contribution in [1.29, 1.82) is 0 Å². The molecule has 0 saturated heterocycles. The number of rotatable bonds is 4. The van der Waals surface area contributed by atoms with Gasteiger partial charge in [0.05, 0.1) is 0 Å². The molecule has 1 atom stereocenters. The van der Waals surface area contributed by atoms with Crippen molar-refractivity contribution in [2.45, 2.75) is 12.5 Å². The zero-order valence-corrected chi connectivity index (χ0v) is 13.4. The molecular formula is C15H12BrClFNO2. The molecule has 0 saturated carbocycles. The van der Waals surface area contributed by atoms with Crippen molar-refractivity contribution in [3.8, 4) is 0 Å². The molecule has 0 radical (unpaired) electrons. The first-order chi connectivity index (χ1) is 9.83. The van der Waals surface area contributed by atoms with Crippen molar-refractivity contribution in [3.63, 3.8) is 0 Å². The molecule has 2 N–H and O–H groups in total. The molecule has 0 aromatic heterocycles. The summed E-state index contributed by atoms with van der Waals surface area (Å²) in [4.78, 5) is 11.7. The first kappa shape index (κ1) is 15.8. The quantitative estimate of drug-likeness (QED) is 0.821. The Balaban J connectivity index is 2.48. The van der Waals surface area contributed by atoms with Crippen LogP contribution in [0.25, 0.3) is 0 Å². The number of nitrogens with one attached hydrogen (secondary N) is 1. The second kappa shape index (κ2) is 6.03. The van der Waals surface area contributed by atoms with Gasteiger partial charge in [-0.1, -0.05) is 39.7 Å². The molecule has 0 bridgehead atoms. The van der Waals surface area contributed by atoms with E-state index in [1.807, 2.05) is 6.07 Å². The number of halogens is 3. The third-order valence-corrected chi connectivity index (χ3v) is 3.92. The Labute approximate surface area is 134 Å². The Morgan fingerprint density at radius 3 is 2.62 bits per heavy atom. The van der Waals surface area contributed by atoms with Crippen molar-refractivity contribution in [2.24, 2.45) is 0 Å². The van der Waals surface area contributed by atoms with Gasteiger partial charge in [-0.3, -0.25) is 0 Å². The topological polar surface area (TPSA) is 49.3 Å². The smallest absolute Gasteiger partial charge is 0.333 e. The predicted molar refractivity (Wildman–Crippen MR) is 84.2 cm³/mol. The third kappa shape index (κ3) is 3.36. The average Bonchev–Trinajstić information content (AvgIpc) is 2.38. The highest BCUT2D eigenvalue weighted by Crippen LogP contribution is 2.33. The first-order valence-electron chi connectivity index (χ1n) is 6.05. The maximum atomic E-state index is 13.2. The first-order valence-corrected chi connectivity index (χ1v) is 7.23. The van der Waals surface area contributed by atoms with Crippen LogP contribution in [0.1, 0.15) is 12.5 Å². The number of anilines is 1. The molecule has 0 aliphatic carbocycles. The summed E-state index contributed by atoms with van der Waals surface area (Å²) in [6.45, 7) is 1.48. The number of benzene rings is 2. The van der Waals surface area contributed by atoms with Crippen molar-refractivity contribution in [2.75, 3.05) is 5.32 Å². The number of carbonyl (C=O) groups is 1. The lowest BCUT2D eigenvalue weighted by atomic mass is 9.91. The molecule has 0 aliphatic heterocycles. The fourth-order valence-corrected chi connectivity index (χ4v) is 2.74. The highest BCUT2D eigenvalue weighted by atomic mass is 79.9. The Morgan fingerprint density at radius 1 is 1.33 bits per heavy atom. The van der Waals surface area contributed by atoms with Gasteiger partial charge >= 0.3 is 5.97 Å². The van der Waals surface area contributed by atoms with Crippen LogP contribution < -0.4 is 5.32 Å². The normalized spacial score (nSPS) is 13.5. The van der Waals surface area contributed by atoms with E-state index in [1.54, 1.807) is 18.2 Å². The average molecular weight is 373 g/mol. The molecule has 6 heteroatoms. The van der Waals surface area contributed by atoms with Crippen LogP contribution in [0.3, 0.4) is 0 Å². The number of aliphatic carboxylic acids is 1. The minimum atomic E-state index is -1.48. The Bertz CT molecular complexity index is 695. The van der Waals surface area contributed by atoms with Crippen molar-refractivity contribution < 1.29 is 14.3 Å². The van der Waals surface area contributed by atoms with Crippen LogP contribution in [0.2, 0.25) is 5.02 Å². The molecule has 21 heavy (non-hydrogen) atoms. The van der Waals surface area contributed by atoms with Gasteiger partial charge in [-0.05, 0) is 37.3 Å². The van der Waals surface area contributed by atoms with E-state index in [2.05, 4.69) is 21.2 Å². The molecule has 2 aromatic rings. The zero-order valence-electron chi connectivity index (χ0n) is 11.0. The van der Waals surface area contributed by atoms with Gasteiger partial charge in [0.15, 0.2) is 5.54 Å². The molecule has 2 aromatic carbocycles. The number of hydrogen-bond acceptors (Lipinski definition) is 2. The summed E-state index contributed by atoms with van der Waals surface area (Å²) >= 11 is 9.33. The summed E-state index contributed by atoms with van der Waals surface area (Å²) in [7, 11) is 0. The summed E-state index contributed by atoms with van der Waals surface area (Å²) in [5, 5.41) is 12.6. The number of carboxylic acids is 1. The molecule has 110 valence electrons. The molecule has 0 fully saturated rings. The second-order valence-corrected chi connectivity index (χ2v) is 6.01. The summed E-state index contributed by atoms with van der Waals surface area (Å²) in [5.41, 5.74) is -0.585. The van der Waals surface area contributed by atoms with Gasteiger partial charge in [0.2, 0.25) is 0 Å². The Hall–Kier alpha value is -1.59. The molecule has 0 aliphatic rings. The molecule has 0 amide bonds. The monoisotopic (exact) mass is 371 g/mol. The lowest BCUT2D eigenvalue weighted by Gasteiger charge is -2.29. The Kier molecular flexibility index (Phi) is 4.54. The van der Waals surface area contributed by atoms with E-state index in [-0.39, 0.29) is 10.6 Å². The van der Waals surface area contributed by atoms with Gasteiger partial charge in [0.25, 0.3) is 0 Å². The van der Waals surface area contributed by atoms with E-state index < -0.39 is 17.3 Å². The van der Waals surface area contributed by atoms with Crippen LogP contribution in [0, 0.1) is 5.82 Å². The fourth-order valence-electron chi connectivity index (χ4n) is 1.99. The molecular weight excluding hydrogens is 361 g/mol. The van der Waals surface area contributed by atoms with E-state index in [9.17, 15) is 14.3 Å². The fraction of sp³-hybridized carbons (Fsp3) is 0.133. The van der Waals surface area contributed by atoms with E-state index >= 15 is 0 Å². The van der Waals surface area contributed by atoms with Gasteiger partial charge in [-0.2, -0.15) is 0 Å². The van der Waals surface area contributed by atoms with Gasteiger partial charge in [0, 0.05) is 20.7 Å². The van der Waals surface area contributed by atoms with E-state index in [4.69, 9.17) is 11.6 Å². The Morgan fingerprint density at radius 2 is 2.05 bits per heavy atom. The highest BCUT2D eigenvalue weighted by Gasteiger charge is 2.37. The van der Waals surface area contributed by atoms with Crippen LogP contribution >= 0.6 is 27.5 Å². The number of carboxylic acid groups (broad SMARTS) is 1. The largest absolute Gasteiger partial charge is 0.479 e. The molecule has 0 heterocycles. The predicted octanol–water partition coefficient (Wildman–Crippen LogP) is 4.65. The summed E-state index contributed by atoms with van der Waals surface area (Å²) < 4.78 is 14.0. The summed E-state index contributed by atoms with van der Waals surface area (Å²) in [5.74, 6) is -1.63. The van der Waals surface area contributed by atoms with Crippen molar-refractivity contribution in [3.05, 3.63) is 63.3 Å². The standard InChI is InChI=1S/C15H12BrClFNO2/c1-15(14(20)21,12-6-5-10(18)8-13(12)17)19-11-4-2-3-9(16)7-11/h2-8,19H,1H3,(H,20,21). The molecule has 3 nitrogen and oxygen atoms in total. The van der Waals surface area contributed by atoms with Crippen LogP contribution in [-0.4, -0.2) is 11.1 Å². The SMILES string of the molecule is CC(Nc1cccc(Br)c1)(C(=O)O)c1ccc(F)cc1Cl. The van der Waals surface area contributed by atoms with Crippen molar-refractivity contribution >= 4 is 39.2 Å². The van der Waals surface area contributed by atoms with E-state index in [0.717, 1.165) is 10.5 Å². The molecule has 1 unspecified atom stereocenters. The maximum Gasteiger partial charge on any atom is 0.333 e. The lowest BCUT2D eigenvalue weighted by Crippen LogP contribution is -2.40. The van der Waals surface area contributed by atoms with Gasteiger partial charge in [-0.25, -0.2) is 9.18 Å². The lowest BCUT2D eigenvalue weighted by molar-refractivity contribution is -0.142. The van der Waals surface area contributed by atoms with Crippen LogP contribution in [0.4, 0.5) is 10.1 Å². The highest BCUT2D eigenvalue weighted by molar-refractivity contribution is 9.10. The summed E-state index contributed by atoms with van der Waals surface area (Å²) in [6.07, 6.45) is 0. The van der Waals surface area contributed by atoms with Crippen LogP contribution in [-0.2, 0) is 10.3 Å². The van der Waals surface area contributed by atoms with Crippen LogP contribution in [0.15, 0.2) is 46.9 Å². The molecule has 0 spiro atoms. The van der Waals surface area contributed by atoms with Crippen LogP contribution in [0.5, 0.6) is 0 Å².